The molecule has 0 saturated heterocycles. The molecule has 2 N–H and O–H groups in total. The Morgan fingerprint density at radius 1 is 0.849 bits per heavy atom. The molecule has 10 rings (SSSR count). The van der Waals surface area contributed by atoms with E-state index in [2.05, 4.69) is 13.0 Å². The van der Waals surface area contributed by atoms with Crippen molar-refractivity contribution in [1.29, 1.82) is 0 Å². The lowest BCUT2D eigenvalue weighted by atomic mass is 9.45. The van der Waals surface area contributed by atoms with Crippen LogP contribution in [0.25, 0.3) is 0 Å². The number of aliphatic hydroxyl groups excluding tert-OH is 1. The molecule has 280 valence electrons. The molecule has 12 atom stereocenters. The largest absolute Gasteiger partial charge is 0.461 e. The Balaban J connectivity index is 1.21. The molecule has 2 bridgehead atoms. The van der Waals surface area contributed by atoms with Crippen molar-refractivity contribution in [3.63, 3.8) is 0 Å². The van der Waals surface area contributed by atoms with Crippen molar-refractivity contribution in [3.05, 3.63) is 56.7 Å². The van der Waals surface area contributed by atoms with Gasteiger partial charge in [0.05, 0.1) is 18.4 Å². The summed E-state index contributed by atoms with van der Waals surface area (Å²) in [5.41, 5.74) is -0.737. The standard InChI is InChI=1S/C40H42O13/c1-16-8-9-49-27(41)6-7-28(42)50-14-20-22-13-25-36(3,23-12-24(23)38(25,47)15-51-32(16)43)26-11-19-18-10-21(18)37(4)30(19)31(39(22,26)52-34(20)45)29-17(2)33(44)53-40(29,48-5)35(37)46/h8,11,18,21,23-26,35,46-47H,6-7,9-10,12-15H2,1-5H3/b16-8-/t18-,21-,23-,24+,25-,26+,35-,36+,37+,38+,39+,40+/m1/s1. The molecule has 1 spiro atoms. The van der Waals surface area contributed by atoms with Crippen molar-refractivity contribution < 1.29 is 62.6 Å². The van der Waals surface area contributed by atoms with Crippen LogP contribution in [0, 0.1) is 46.3 Å². The van der Waals surface area contributed by atoms with Crippen LogP contribution < -0.4 is 0 Å². The molecule has 3 heterocycles. The molecule has 0 radical (unpaired) electrons. The summed E-state index contributed by atoms with van der Waals surface area (Å²) in [4.78, 5) is 66.6. The second-order valence-electron chi connectivity index (χ2n) is 17.2. The van der Waals surface area contributed by atoms with Gasteiger partial charge in [0.1, 0.15) is 31.5 Å². The maximum absolute atomic E-state index is 14.4. The van der Waals surface area contributed by atoms with Gasteiger partial charge in [-0.2, -0.15) is 0 Å². The van der Waals surface area contributed by atoms with Gasteiger partial charge in [-0.05, 0) is 85.0 Å². The number of carbonyl (C=O) groups excluding carboxylic acids is 5. The van der Waals surface area contributed by atoms with E-state index in [1.807, 2.05) is 6.92 Å². The molecule has 13 nitrogen and oxygen atoms in total. The minimum absolute atomic E-state index is 0.0197. The first-order valence-electron chi connectivity index (χ1n) is 18.6. The number of carbonyl (C=O) groups is 5. The van der Waals surface area contributed by atoms with Crippen molar-refractivity contribution in [3.8, 4) is 0 Å². The Morgan fingerprint density at radius 3 is 2.32 bits per heavy atom. The van der Waals surface area contributed by atoms with Gasteiger partial charge in [-0.3, -0.25) is 9.59 Å². The predicted molar refractivity (Wildman–Crippen MR) is 177 cm³/mol. The van der Waals surface area contributed by atoms with Crippen LogP contribution in [-0.2, 0) is 52.4 Å². The van der Waals surface area contributed by atoms with Crippen molar-refractivity contribution >= 4 is 29.8 Å². The van der Waals surface area contributed by atoms with E-state index in [9.17, 15) is 34.2 Å². The lowest BCUT2D eigenvalue weighted by molar-refractivity contribution is -0.252. The Morgan fingerprint density at radius 2 is 1.58 bits per heavy atom. The monoisotopic (exact) mass is 730 g/mol. The van der Waals surface area contributed by atoms with E-state index in [4.69, 9.17) is 28.4 Å². The summed E-state index contributed by atoms with van der Waals surface area (Å²) in [6.45, 7) is 6.34. The van der Waals surface area contributed by atoms with Crippen LogP contribution in [0.3, 0.4) is 0 Å². The number of hydrogen-bond acceptors (Lipinski definition) is 13. The highest BCUT2D eigenvalue weighted by Crippen LogP contribution is 2.83. The molecule has 0 unspecified atom stereocenters. The summed E-state index contributed by atoms with van der Waals surface area (Å²) < 4.78 is 35.5. The molecule has 53 heavy (non-hydrogen) atoms. The molecule has 5 fully saturated rings. The third kappa shape index (κ3) is 3.72. The van der Waals surface area contributed by atoms with Gasteiger partial charge in [-0.1, -0.05) is 19.9 Å². The molecular formula is C40H42O13. The summed E-state index contributed by atoms with van der Waals surface area (Å²) in [7, 11) is 1.40. The summed E-state index contributed by atoms with van der Waals surface area (Å²) in [6.07, 6.45) is 3.42. The van der Waals surface area contributed by atoms with Crippen molar-refractivity contribution in [2.45, 2.75) is 82.9 Å². The minimum Gasteiger partial charge on any atom is -0.461 e. The number of hydrogen-bond donors (Lipinski definition) is 2. The number of fused-ring (bicyclic) bond motifs is 9. The van der Waals surface area contributed by atoms with Gasteiger partial charge in [0.25, 0.3) is 5.79 Å². The van der Waals surface area contributed by atoms with Crippen LogP contribution in [0.1, 0.15) is 59.8 Å². The highest BCUT2D eigenvalue weighted by atomic mass is 16.7. The Kier molecular flexibility index (Phi) is 6.42. The Hall–Kier alpha value is -4.07. The van der Waals surface area contributed by atoms with Gasteiger partial charge in [0, 0.05) is 46.7 Å². The first kappa shape index (κ1) is 33.5. The molecule has 0 amide bonds. The molecule has 13 heteroatoms. The smallest absolute Gasteiger partial charge is 0.338 e. The number of esters is 5. The van der Waals surface area contributed by atoms with E-state index in [1.165, 1.54) is 20.1 Å². The Labute approximate surface area is 305 Å². The zero-order valence-corrected chi connectivity index (χ0v) is 30.2. The summed E-state index contributed by atoms with van der Waals surface area (Å²) in [5.74, 6) is -6.43. The van der Waals surface area contributed by atoms with Crippen molar-refractivity contribution in [2.24, 2.45) is 46.3 Å². The number of ether oxygens (including phenoxy) is 6. The van der Waals surface area contributed by atoms with Crippen LogP contribution in [0.5, 0.6) is 0 Å². The molecule has 7 aliphatic carbocycles. The third-order valence-electron chi connectivity index (χ3n) is 15.2. The van der Waals surface area contributed by atoms with Gasteiger partial charge in [-0.25, -0.2) is 14.4 Å². The van der Waals surface area contributed by atoms with Crippen LogP contribution >= 0.6 is 0 Å². The zero-order chi connectivity index (χ0) is 37.4. The third-order valence-corrected chi connectivity index (χ3v) is 15.2. The quantitative estimate of drug-likeness (QED) is 0.297. The fraction of sp³-hybridized carbons (Fsp3) is 0.625. The molecule has 3 aliphatic heterocycles. The number of methoxy groups -OCH3 is 1. The molecule has 10 aliphatic rings. The first-order chi connectivity index (χ1) is 25.1. The SMILES string of the molecule is CO[C@]12OC(=O)C(C)=C1C1=C3C(=C[C@@H]4[C@]15OC(=O)C1=C5C[C@H]5[C@](O)(COC(=O)/C(C)=C\COC(=O)CCC(=O)OC1)[C@H]1C[C@H]1[C@]45C)[C@H]1C[C@H]1[C@]3(C)[C@H]2O. The van der Waals surface area contributed by atoms with E-state index in [0.29, 0.717) is 23.1 Å². The lowest BCUT2D eigenvalue weighted by Gasteiger charge is -2.61. The van der Waals surface area contributed by atoms with Crippen LogP contribution in [0.15, 0.2) is 56.7 Å². The zero-order valence-electron chi connectivity index (χ0n) is 30.2. The van der Waals surface area contributed by atoms with E-state index < -0.39 is 82.2 Å². The van der Waals surface area contributed by atoms with Crippen LogP contribution in [-0.4, -0.2) is 90.1 Å². The minimum atomic E-state index is -1.86. The lowest BCUT2D eigenvalue weighted by Crippen LogP contribution is -2.65. The first-order valence-corrected chi connectivity index (χ1v) is 18.6. The maximum Gasteiger partial charge on any atom is 0.338 e. The van der Waals surface area contributed by atoms with E-state index in [-0.39, 0.29) is 72.9 Å². The normalized spacial score (nSPS) is 48.7. The van der Waals surface area contributed by atoms with E-state index in [0.717, 1.165) is 17.6 Å². The van der Waals surface area contributed by atoms with Crippen LogP contribution in [0.2, 0.25) is 0 Å². The molecular weight excluding hydrogens is 688 g/mol. The topological polar surface area (TPSA) is 181 Å². The van der Waals surface area contributed by atoms with Gasteiger partial charge >= 0.3 is 29.8 Å². The maximum atomic E-state index is 14.4. The predicted octanol–water partition coefficient (Wildman–Crippen LogP) is 2.45. The second-order valence-corrected chi connectivity index (χ2v) is 17.2. The second kappa shape index (κ2) is 10.2. The highest BCUT2D eigenvalue weighted by molar-refractivity contribution is 5.99. The molecule has 0 aromatic carbocycles. The van der Waals surface area contributed by atoms with Gasteiger partial charge in [0.15, 0.2) is 5.60 Å². The fourth-order valence-electron chi connectivity index (χ4n) is 12.6. The fourth-order valence-corrected chi connectivity index (χ4v) is 12.6. The highest BCUT2D eigenvalue weighted by Gasteiger charge is 2.84. The average Bonchev–Trinajstić information content (AvgIpc) is 4.03. The van der Waals surface area contributed by atoms with Crippen molar-refractivity contribution in [2.75, 3.05) is 26.9 Å². The molecule has 0 aromatic heterocycles. The number of rotatable bonds is 1. The van der Waals surface area contributed by atoms with Crippen LogP contribution in [0.4, 0.5) is 0 Å². The van der Waals surface area contributed by atoms with E-state index in [1.54, 1.807) is 6.92 Å². The summed E-state index contributed by atoms with van der Waals surface area (Å²) in [5, 5.41) is 25.1. The van der Waals surface area contributed by atoms with Gasteiger partial charge in [-0.15, -0.1) is 0 Å². The number of cyclic esters (lactones) is 3. The van der Waals surface area contributed by atoms with Gasteiger partial charge in [0.2, 0.25) is 0 Å². The molecule has 0 aromatic rings. The van der Waals surface area contributed by atoms with E-state index >= 15 is 0 Å². The van der Waals surface area contributed by atoms with Crippen molar-refractivity contribution in [1.82, 2.24) is 0 Å². The summed E-state index contributed by atoms with van der Waals surface area (Å²) >= 11 is 0. The number of aliphatic hydroxyl groups is 2. The van der Waals surface area contributed by atoms with Gasteiger partial charge < -0.3 is 38.6 Å². The average molecular weight is 731 g/mol. The Bertz CT molecular complexity index is 2050. The summed E-state index contributed by atoms with van der Waals surface area (Å²) in [6, 6.07) is 0. The molecule has 5 saturated carbocycles. The number of allylic oxidation sites excluding steroid dienone is 1.